The smallest absolute Gasteiger partial charge is 0.124 e. The van der Waals surface area contributed by atoms with E-state index in [1.54, 1.807) is 0 Å². The maximum absolute atomic E-state index is 12.7. The van der Waals surface area contributed by atoms with Crippen LogP contribution in [0.2, 0.25) is 0 Å². The summed E-state index contributed by atoms with van der Waals surface area (Å²) >= 11 is 0. The van der Waals surface area contributed by atoms with E-state index in [1.807, 2.05) is 24.3 Å². The van der Waals surface area contributed by atoms with Crippen molar-refractivity contribution in [2.45, 2.75) is 29.4 Å². The van der Waals surface area contributed by atoms with Gasteiger partial charge in [0.25, 0.3) is 0 Å². The summed E-state index contributed by atoms with van der Waals surface area (Å²) in [6.45, 7) is 1.85. The van der Waals surface area contributed by atoms with Crippen molar-refractivity contribution in [3.05, 3.63) is 29.8 Å². The SMILES string of the molecule is NC1c2ccccc2OCC1S(=O)C1CCOCC1. The summed E-state index contributed by atoms with van der Waals surface area (Å²) in [5.74, 6) is 0.829. The van der Waals surface area contributed by atoms with Gasteiger partial charge in [-0.2, -0.15) is 0 Å². The van der Waals surface area contributed by atoms with Crippen LogP contribution in [-0.4, -0.2) is 34.5 Å². The predicted octanol–water partition coefficient (Wildman–Crippen LogP) is 1.38. The molecular weight excluding hydrogens is 262 g/mol. The molecule has 104 valence electrons. The molecule has 0 saturated carbocycles. The van der Waals surface area contributed by atoms with Gasteiger partial charge in [-0.15, -0.1) is 0 Å². The Hall–Kier alpha value is -0.910. The Balaban J connectivity index is 1.77. The van der Waals surface area contributed by atoms with Crippen molar-refractivity contribution in [2.75, 3.05) is 19.8 Å². The summed E-state index contributed by atoms with van der Waals surface area (Å²) in [7, 11) is -0.960. The molecular formula is C14H19NO3S. The molecule has 19 heavy (non-hydrogen) atoms. The van der Waals surface area contributed by atoms with Gasteiger partial charge in [-0.3, -0.25) is 4.21 Å². The summed E-state index contributed by atoms with van der Waals surface area (Å²) in [5.41, 5.74) is 7.27. The first-order valence-corrected chi connectivity index (χ1v) is 7.99. The summed E-state index contributed by atoms with van der Waals surface area (Å²) in [6, 6.07) is 7.56. The quantitative estimate of drug-likeness (QED) is 0.889. The van der Waals surface area contributed by atoms with Crippen LogP contribution in [0.15, 0.2) is 24.3 Å². The molecule has 0 radical (unpaired) electrons. The minimum Gasteiger partial charge on any atom is -0.492 e. The second-order valence-electron chi connectivity index (χ2n) is 5.05. The highest BCUT2D eigenvalue weighted by atomic mass is 32.2. The molecule has 1 aromatic rings. The van der Waals surface area contributed by atoms with E-state index in [9.17, 15) is 4.21 Å². The van der Waals surface area contributed by atoms with Gasteiger partial charge in [0.2, 0.25) is 0 Å². The van der Waals surface area contributed by atoms with Crippen LogP contribution in [0.4, 0.5) is 0 Å². The molecule has 4 nitrogen and oxygen atoms in total. The first-order chi connectivity index (χ1) is 9.27. The fourth-order valence-electron chi connectivity index (χ4n) is 2.73. The average molecular weight is 281 g/mol. The number of ether oxygens (including phenoxy) is 2. The fraction of sp³-hybridized carbons (Fsp3) is 0.571. The molecule has 1 saturated heterocycles. The lowest BCUT2D eigenvalue weighted by atomic mass is 10.0. The zero-order valence-electron chi connectivity index (χ0n) is 10.8. The van der Waals surface area contributed by atoms with Gasteiger partial charge < -0.3 is 15.2 Å². The number of fused-ring (bicyclic) bond motifs is 1. The van der Waals surface area contributed by atoms with Gasteiger partial charge in [0.15, 0.2) is 0 Å². The lowest BCUT2D eigenvalue weighted by Gasteiger charge is -2.33. The molecule has 3 atom stereocenters. The van der Waals surface area contributed by atoms with Crippen LogP contribution in [0.1, 0.15) is 24.4 Å². The Labute approximate surface area is 115 Å². The fourth-order valence-corrected chi connectivity index (χ4v) is 4.52. The van der Waals surface area contributed by atoms with E-state index >= 15 is 0 Å². The van der Waals surface area contributed by atoms with Crippen LogP contribution in [0, 0.1) is 0 Å². The number of rotatable bonds is 2. The van der Waals surface area contributed by atoms with Gasteiger partial charge in [-0.1, -0.05) is 18.2 Å². The van der Waals surface area contributed by atoms with E-state index in [0.29, 0.717) is 19.8 Å². The lowest BCUT2D eigenvalue weighted by Crippen LogP contribution is -2.43. The van der Waals surface area contributed by atoms with E-state index in [-0.39, 0.29) is 16.5 Å². The van der Waals surface area contributed by atoms with Gasteiger partial charge >= 0.3 is 0 Å². The zero-order chi connectivity index (χ0) is 13.2. The van der Waals surface area contributed by atoms with Crippen LogP contribution < -0.4 is 10.5 Å². The molecule has 2 N–H and O–H groups in total. The van der Waals surface area contributed by atoms with Gasteiger partial charge in [0, 0.05) is 34.8 Å². The van der Waals surface area contributed by atoms with Gasteiger partial charge in [0.1, 0.15) is 12.4 Å². The molecule has 3 unspecified atom stereocenters. The maximum atomic E-state index is 12.7. The predicted molar refractivity (Wildman–Crippen MR) is 74.6 cm³/mol. The molecule has 0 spiro atoms. The number of para-hydroxylation sites is 1. The molecule has 0 aromatic heterocycles. The number of benzene rings is 1. The van der Waals surface area contributed by atoms with E-state index in [4.69, 9.17) is 15.2 Å². The standard InChI is InChI=1S/C14H19NO3S/c15-14-11-3-1-2-4-12(11)18-9-13(14)19(16)10-5-7-17-8-6-10/h1-4,10,13-14H,5-9,15H2. The van der Waals surface area contributed by atoms with Gasteiger partial charge in [0.05, 0.1) is 11.3 Å². The summed E-state index contributed by atoms with van der Waals surface area (Å²) in [6.07, 6.45) is 1.72. The minimum atomic E-state index is -0.960. The second-order valence-corrected chi connectivity index (χ2v) is 6.98. The van der Waals surface area contributed by atoms with E-state index in [1.165, 1.54) is 0 Å². The summed E-state index contributed by atoms with van der Waals surface area (Å²) in [5, 5.41) is 0.0802. The Morgan fingerprint density at radius 3 is 2.74 bits per heavy atom. The van der Waals surface area contributed by atoms with Gasteiger partial charge in [-0.05, 0) is 18.9 Å². The topological polar surface area (TPSA) is 61.5 Å². The zero-order valence-corrected chi connectivity index (χ0v) is 11.6. The third-order valence-electron chi connectivity index (χ3n) is 3.88. The van der Waals surface area contributed by atoms with Gasteiger partial charge in [-0.25, -0.2) is 0 Å². The average Bonchev–Trinajstić information content (AvgIpc) is 2.48. The minimum absolute atomic E-state index is 0.113. The highest BCUT2D eigenvalue weighted by Gasteiger charge is 2.36. The van der Waals surface area contributed by atoms with Crippen LogP contribution in [0.3, 0.4) is 0 Å². The Kier molecular flexibility index (Phi) is 3.86. The second kappa shape index (κ2) is 5.61. The van der Waals surface area contributed by atoms with E-state index < -0.39 is 10.8 Å². The molecule has 1 fully saturated rings. The molecule has 0 amide bonds. The number of hydrogen-bond acceptors (Lipinski definition) is 4. The largest absolute Gasteiger partial charge is 0.492 e. The third-order valence-corrected chi connectivity index (χ3v) is 6.03. The molecule has 0 aliphatic carbocycles. The van der Waals surface area contributed by atoms with Crippen molar-refractivity contribution in [1.29, 1.82) is 0 Å². The Morgan fingerprint density at radius 1 is 1.21 bits per heavy atom. The van der Waals surface area contributed by atoms with Crippen molar-refractivity contribution in [1.82, 2.24) is 0 Å². The summed E-state index contributed by atoms with van der Waals surface area (Å²) < 4.78 is 23.7. The lowest BCUT2D eigenvalue weighted by molar-refractivity contribution is 0.0988. The first-order valence-electron chi connectivity index (χ1n) is 6.72. The molecule has 1 aromatic carbocycles. The van der Waals surface area contributed by atoms with Crippen molar-refractivity contribution in [3.8, 4) is 5.75 Å². The van der Waals surface area contributed by atoms with Crippen LogP contribution in [0.5, 0.6) is 5.75 Å². The summed E-state index contributed by atoms with van der Waals surface area (Å²) in [4.78, 5) is 0. The normalized spacial score (nSPS) is 29.3. The molecule has 2 aliphatic rings. The molecule has 2 heterocycles. The van der Waals surface area contributed by atoms with E-state index in [2.05, 4.69) is 0 Å². The Morgan fingerprint density at radius 2 is 1.95 bits per heavy atom. The van der Waals surface area contributed by atoms with Crippen molar-refractivity contribution in [3.63, 3.8) is 0 Å². The van der Waals surface area contributed by atoms with Crippen molar-refractivity contribution < 1.29 is 13.7 Å². The molecule has 0 bridgehead atoms. The molecule has 5 heteroatoms. The Bertz CT molecular complexity index is 474. The van der Waals surface area contributed by atoms with Crippen molar-refractivity contribution >= 4 is 10.8 Å². The first kappa shape index (κ1) is 13.1. The highest BCUT2D eigenvalue weighted by molar-refractivity contribution is 7.86. The van der Waals surface area contributed by atoms with Crippen LogP contribution in [0.25, 0.3) is 0 Å². The van der Waals surface area contributed by atoms with Crippen molar-refractivity contribution in [2.24, 2.45) is 5.73 Å². The molecule has 2 aliphatic heterocycles. The van der Waals surface area contributed by atoms with Crippen LogP contribution >= 0.6 is 0 Å². The number of hydrogen-bond donors (Lipinski definition) is 1. The third kappa shape index (κ3) is 2.55. The van der Waals surface area contributed by atoms with E-state index in [0.717, 1.165) is 24.2 Å². The monoisotopic (exact) mass is 281 g/mol. The highest BCUT2D eigenvalue weighted by Crippen LogP contribution is 2.34. The number of nitrogens with two attached hydrogens (primary N) is 1. The molecule has 3 rings (SSSR count). The van der Waals surface area contributed by atoms with Crippen LogP contribution in [-0.2, 0) is 15.5 Å². The maximum Gasteiger partial charge on any atom is 0.124 e.